The van der Waals surface area contributed by atoms with Crippen LogP contribution in [0.3, 0.4) is 0 Å². The average Bonchev–Trinajstić information content (AvgIpc) is 2.20. The van der Waals surface area contributed by atoms with Crippen molar-refractivity contribution in [1.29, 1.82) is 0 Å². The Morgan fingerprint density at radius 1 is 1.29 bits per heavy atom. The zero-order valence-electron chi connectivity index (χ0n) is 7.41. The first-order valence-electron chi connectivity index (χ1n) is 3.99. The van der Waals surface area contributed by atoms with Gasteiger partial charge in [0.15, 0.2) is 5.58 Å². The molecule has 2 aromatic rings. The van der Waals surface area contributed by atoms with Gasteiger partial charge in [0, 0.05) is 11.5 Å². The summed E-state index contributed by atoms with van der Waals surface area (Å²) in [5.41, 5.74) is 0.237. The largest absolute Gasteiger partial charge is 0.496 e. The van der Waals surface area contributed by atoms with Crippen LogP contribution in [0.25, 0.3) is 11.0 Å². The smallest absolute Gasteiger partial charge is 0.336 e. The molecule has 1 aromatic carbocycles. The summed E-state index contributed by atoms with van der Waals surface area (Å²) in [7, 11) is 1.59. The first kappa shape index (κ1) is 9.51. The van der Waals surface area contributed by atoms with Gasteiger partial charge in [-0.1, -0.05) is 0 Å². The molecule has 0 atom stereocenters. The van der Waals surface area contributed by atoms with E-state index in [1.807, 2.05) is 12.1 Å². The lowest BCUT2D eigenvalue weighted by Gasteiger charge is -2.04. The van der Waals surface area contributed by atoms with Crippen molar-refractivity contribution in [1.82, 2.24) is 0 Å². The third kappa shape index (κ3) is 1.50. The van der Waals surface area contributed by atoms with Crippen LogP contribution in [-0.2, 0) is 0 Å². The van der Waals surface area contributed by atoms with E-state index in [0.29, 0.717) is 11.3 Å². The molecule has 3 nitrogen and oxygen atoms in total. The van der Waals surface area contributed by atoms with Crippen molar-refractivity contribution in [3.63, 3.8) is 0 Å². The van der Waals surface area contributed by atoms with Crippen LogP contribution in [0.1, 0.15) is 0 Å². The van der Waals surface area contributed by atoms with Gasteiger partial charge >= 0.3 is 5.63 Å². The van der Waals surface area contributed by atoms with Crippen LogP contribution >= 0.6 is 22.6 Å². The lowest BCUT2D eigenvalue weighted by Crippen LogP contribution is -1.96. The Kier molecular flexibility index (Phi) is 2.45. The van der Waals surface area contributed by atoms with Gasteiger partial charge in [0.1, 0.15) is 5.75 Å². The minimum absolute atomic E-state index is 0.344. The molecule has 0 amide bonds. The van der Waals surface area contributed by atoms with E-state index >= 15 is 0 Å². The maximum atomic E-state index is 11.0. The van der Waals surface area contributed by atoms with Gasteiger partial charge in [-0.3, -0.25) is 0 Å². The molecule has 0 radical (unpaired) electrons. The molecule has 4 heteroatoms. The highest BCUT2D eigenvalue weighted by atomic mass is 127. The number of halogens is 1. The molecule has 0 saturated carbocycles. The van der Waals surface area contributed by atoms with Crippen molar-refractivity contribution >= 4 is 33.6 Å². The average molecular weight is 302 g/mol. The zero-order chi connectivity index (χ0) is 10.1. The molecule has 0 aliphatic heterocycles. The van der Waals surface area contributed by atoms with Gasteiger partial charge in [-0.2, -0.15) is 0 Å². The zero-order valence-corrected chi connectivity index (χ0v) is 9.57. The normalized spacial score (nSPS) is 10.4. The number of ether oxygens (including phenoxy) is 1. The minimum Gasteiger partial charge on any atom is -0.496 e. The van der Waals surface area contributed by atoms with Crippen LogP contribution in [0.15, 0.2) is 33.5 Å². The Hall–Kier alpha value is -1.04. The van der Waals surface area contributed by atoms with Gasteiger partial charge in [0.2, 0.25) is 0 Å². The number of hydrogen-bond donors (Lipinski definition) is 0. The summed E-state index contributed by atoms with van der Waals surface area (Å²) in [6.07, 6.45) is 0. The van der Waals surface area contributed by atoms with Crippen molar-refractivity contribution in [2.24, 2.45) is 0 Å². The number of benzene rings is 1. The Morgan fingerprint density at radius 3 is 2.71 bits per heavy atom. The molecule has 1 aromatic heterocycles. The van der Waals surface area contributed by atoms with Gasteiger partial charge in [-0.25, -0.2) is 4.79 Å². The summed E-state index contributed by atoms with van der Waals surface area (Å²) >= 11 is 2.10. The van der Waals surface area contributed by atoms with E-state index in [1.54, 1.807) is 13.2 Å². The first-order valence-corrected chi connectivity index (χ1v) is 5.06. The van der Waals surface area contributed by atoms with Crippen molar-refractivity contribution in [2.75, 3.05) is 7.11 Å². The van der Waals surface area contributed by atoms with Crippen molar-refractivity contribution < 1.29 is 9.15 Å². The molecule has 0 unspecified atom stereocenters. The summed E-state index contributed by atoms with van der Waals surface area (Å²) in [5, 5.41) is 0.898. The fourth-order valence-electron chi connectivity index (χ4n) is 1.24. The number of hydrogen-bond acceptors (Lipinski definition) is 3. The fraction of sp³-hybridized carbons (Fsp3) is 0.100. The van der Waals surface area contributed by atoms with E-state index < -0.39 is 0 Å². The molecule has 72 valence electrons. The van der Waals surface area contributed by atoms with Gasteiger partial charge in [-0.15, -0.1) is 0 Å². The number of methoxy groups -OCH3 is 1. The van der Waals surface area contributed by atoms with Crippen molar-refractivity contribution in [3.8, 4) is 5.75 Å². The predicted octanol–water partition coefficient (Wildman–Crippen LogP) is 2.41. The van der Waals surface area contributed by atoms with Gasteiger partial charge in [0.25, 0.3) is 0 Å². The molecule has 14 heavy (non-hydrogen) atoms. The maximum Gasteiger partial charge on any atom is 0.336 e. The van der Waals surface area contributed by atoms with Crippen LogP contribution in [0.4, 0.5) is 0 Å². The molecule has 0 spiro atoms. The summed E-state index contributed by atoms with van der Waals surface area (Å²) in [6.45, 7) is 0. The molecule has 0 bridgehead atoms. The quantitative estimate of drug-likeness (QED) is 0.600. The van der Waals surface area contributed by atoms with E-state index in [1.165, 1.54) is 6.07 Å². The molecule has 0 fully saturated rings. The second-order valence-corrected chi connectivity index (χ2v) is 3.83. The summed E-state index contributed by atoms with van der Waals surface area (Å²) in [4.78, 5) is 11.0. The third-order valence-electron chi connectivity index (χ3n) is 1.91. The van der Waals surface area contributed by atoms with Crippen LogP contribution in [0.2, 0.25) is 0 Å². The molecule has 0 aliphatic rings. The number of fused-ring (bicyclic) bond motifs is 1. The molecule has 1 heterocycles. The Bertz CT molecular complexity index is 530. The molecule has 0 N–H and O–H groups in total. The summed E-state index contributed by atoms with van der Waals surface area (Å²) < 4.78 is 11.0. The highest BCUT2D eigenvalue weighted by molar-refractivity contribution is 14.1. The van der Waals surface area contributed by atoms with Crippen LogP contribution in [-0.4, -0.2) is 7.11 Å². The van der Waals surface area contributed by atoms with Crippen LogP contribution < -0.4 is 10.4 Å². The standard InChI is InChI=1S/C10H7IO3/c1-13-7-4-2-6-3-5-8(12)14-10(6)9(7)11/h2-5H,1H3. The lowest BCUT2D eigenvalue weighted by molar-refractivity contribution is 0.411. The van der Waals surface area contributed by atoms with Crippen molar-refractivity contribution in [3.05, 3.63) is 38.3 Å². The minimum atomic E-state index is -0.344. The van der Waals surface area contributed by atoms with E-state index in [9.17, 15) is 4.79 Å². The topological polar surface area (TPSA) is 39.4 Å². The van der Waals surface area contributed by atoms with Crippen LogP contribution in [0.5, 0.6) is 5.75 Å². The molecule has 0 saturated heterocycles. The summed E-state index contributed by atoms with van der Waals surface area (Å²) in [5.74, 6) is 0.715. The molecule has 0 aliphatic carbocycles. The molecule has 2 rings (SSSR count). The Morgan fingerprint density at radius 2 is 2.00 bits per heavy atom. The lowest BCUT2D eigenvalue weighted by atomic mass is 10.2. The van der Waals surface area contributed by atoms with Gasteiger partial charge in [0.05, 0.1) is 10.7 Å². The highest BCUT2D eigenvalue weighted by Gasteiger charge is 2.07. The molecular formula is C10H7IO3. The monoisotopic (exact) mass is 302 g/mol. The van der Waals surface area contributed by atoms with Gasteiger partial charge in [-0.05, 0) is 40.8 Å². The van der Waals surface area contributed by atoms with Gasteiger partial charge < -0.3 is 9.15 Å². The summed E-state index contributed by atoms with van der Waals surface area (Å²) in [6, 6.07) is 6.86. The second kappa shape index (κ2) is 3.61. The van der Waals surface area contributed by atoms with Crippen molar-refractivity contribution in [2.45, 2.75) is 0 Å². The Balaban J connectivity index is 2.86. The van der Waals surface area contributed by atoms with E-state index in [2.05, 4.69) is 22.6 Å². The van der Waals surface area contributed by atoms with E-state index in [0.717, 1.165) is 8.96 Å². The van der Waals surface area contributed by atoms with E-state index in [4.69, 9.17) is 9.15 Å². The van der Waals surface area contributed by atoms with E-state index in [-0.39, 0.29) is 5.63 Å². The second-order valence-electron chi connectivity index (χ2n) is 2.75. The highest BCUT2D eigenvalue weighted by Crippen LogP contribution is 2.28. The predicted molar refractivity (Wildman–Crippen MR) is 61.8 cm³/mol. The first-order chi connectivity index (χ1) is 6.72. The fourth-order valence-corrected chi connectivity index (χ4v) is 2.06. The molecular weight excluding hydrogens is 295 g/mol. The number of rotatable bonds is 1. The SMILES string of the molecule is COc1ccc2ccc(=O)oc2c1I. The van der Waals surface area contributed by atoms with Crippen LogP contribution in [0, 0.1) is 3.57 Å². The third-order valence-corrected chi connectivity index (χ3v) is 2.94. The Labute approximate surface area is 93.8 Å². The maximum absolute atomic E-state index is 11.0.